The molecule has 14 heavy (non-hydrogen) atoms. The van der Waals surface area contributed by atoms with Gasteiger partial charge in [-0.2, -0.15) is 11.8 Å². The molecular weight excluding hydrogens is 210 g/mol. The molecule has 0 bridgehead atoms. The molecule has 0 spiro atoms. The fraction of sp³-hybridized carbons (Fsp3) is 0.636. The fourth-order valence-electron chi connectivity index (χ4n) is 2.23. The van der Waals surface area contributed by atoms with Crippen molar-refractivity contribution in [3.8, 4) is 0 Å². The van der Waals surface area contributed by atoms with Crippen LogP contribution in [0.25, 0.3) is 0 Å². The van der Waals surface area contributed by atoms with Gasteiger partial charge in [0.05, 0.1) is 6.04 Å². The van der Waals surface area contributed by atoms with Gasteiger partial charge < -0.3 is 5.32 Å². The normalized spacial score (nSPS) is 29.3. The molecule has 3 heteroatoms. The Balaban J connectivity index is 2.20. The highest BCUT2D eigenvalue weighted by atomic mass is 32.2. The number of hydrogen-bond acceptors (Lipinski definition) is 3. The van der Waals surface area contributed by atoms with Crippen LogP contribution in [0.5, 0.6) is 0 Å². The molecule has 2 heterocycles. The van der Waals surface area contributed by atoms with Crippen LogP contribution >= 0.6 is 23.1 Å². The first kappa shape index (κ1) is 10.5. The molecule has 0 saturated carbocycles. The highest BCUT2D eigenvalue weighted by molar-refractivity contribution is 8.00. The molecule has 1 N–H and O–H groups in total. The average molecular weight is 227 g/mol. The number of nitrogens with one attached hydrogen (secondary N) is 1. The Bertz CT molecular complexity index is 275. The van der Waals surface area contributed by atoms with Crippen LogP contribution in [0, 0.1) is 0 Å². The van der Waals surface area contributed by atoms with Crippen LogP contribution < -0.4 is 5.32 Å². The third-order valence-electron chi connectivity index (χ3n) is 2.98. The number of thioether (sulfide) groups is 1. The Hall–Kier alpha value is 0.01000. The summed E-state index contributed by atoms with van der Waals surface area (Å²) >= 11 is 3.98. The van der Waals surface area contributed by atoms with Crippen molar-refractivity contribution in [2.75, 3.05) is 12.8 Å². The van der Waals surface area contributed by atoms with Gasteiger partial charge in [0.25, 0.3) is 0 Å². The second-order valence-corrected chi connectivity index (χ2v) is 6.61. The zero-order valence-corrected chi connectivity index (χ0v) is 10.4. The Labute approximate surface area is 94.3 Å². The van der Waals surface area contributed by atoms with Gasteiger partial charge in [0.15, 0.2) is 0 Å². The zero-order chi connectivity index (χ0) is 10.0. The van der Waals surface area contributed by atoms with Crippen molar-refractivity contribution >= 4 is 23.1 Å². The quantitative estimate of drug-likeness (QED) is 0.850. The van der Waals surface area contributed by atoms with E-state index in [-0.39, 0.29) is 0 Å². The van der Waals surface area contributed by atoms with E-state index in [0.717, 1.165) is 0 Å². The second-order valence-electron chi connectivity index (χ2n) is 4.00. The van der Waals surface area contributed by atoms with Crippen molar-refractivity contribution in [2.45, 2.75) is 30.6 Å². The smallest absolute Gasteiger partial charge is 0.0558 e. The van der Waals surface area contributed by atoms with E-state index in [1.54, 1.807) is 0 Å². The molecular formula is C11H17NS2. The van der Waals surface area contributed by atoms with Crippen LogP contribution in [0.4, 0.5) is 0 Å². The predicted molar refractivity (Wildman–Crippen MR) is 66.2 cm³/mol. The summed E-state index contributed by atoms with van der Waals surface area (Å²) in [5.41, 5.74) is 0. The number of hydrogen-bond donors (Lipinski definition) is 1. The van der Waals surface area contributed by atoms with Gasteiger partial charge in [0.2, 0.25) is 0 Å². The third-order valence-corrected chi connectivity index (χ3v) is 5.51. The third kappa shape index (κ3) is 1.86. The first-order chi connectivity index (χ1) is 6.76. The minimum Gasteiger partial charge on any atom is -0.311 e. The van der Waals surface area contributed by atoms with Gasteiger partial charge in [0, 0.05) is 9.62 Å². The minimum atomic E-state index is 0.402. The zero-order valence-electron chi connectivity index (χ0n) is 8.75. The van der Waals surface area contributed by atoms with Crippen molar-refractivity contribution in [1.29, 1.82) is 0 Å². The van der Waals surface area contributed by atoms with Gasteiger partial charge in [-0.1, -0.05) is 6.07 Å². The van der Waals surface area contributed by atoms with Crippen LogP contribution in [0.2, 0.25) is 0 Å². The topological polar surface area (TPSA) is 12.0 Å². The van der Waals surface area contributed by atoms with E-state index in [9.17, 15) is 0 Å². The SMILES string of the molecule is CNC(c1cccs1)C1(C)CCCS1. The maximum Gasteiger partial charge on any atom is 0.0558 e. The first-order valence-electron chi connectivity index (χ1n) is 5.11. The lowest BCUT2D eigenvalue weighted by molar-refractivity contribution is 0.446. The summed E-state index contributed by atoms with van der Waals surface area (Å²) in [6.07, 6.45) is 2.70. The molecule has 0 amide bonds. The molecule has 1 aromatic heterocycles. The van der Waals surface area contributed by atoms with Crippen LogP contribution in [0.3, 0.4) is 0 Å². The van der Waals surface area contributed by atoms with Gasteiger partial charge in [0.1, 0.15) is 0 Å². The largest absolute Gasteiger partial charge is 0.311 e. The molecule has 2 unspecified atom stereocenters. The molecule has 1 aliphatic rings. The van der Waals surface area contributed by atoms with Gasteiger partial charge >= 0.3 is 0 Å². The number of rotatable bonds is 3. The molecule has 0 aliphatic carbocycles. The van der Waals surface area contributed by atoms with E-state index in [0.29, 0.717) is 10.8 Å². The molecule has 0 aromatic carbocycles. The molecule has 0 radical (unpaired) electrons. The Morgan fingerprint density at radius 2 is 2.43 bits per heavy atom. The molecule has 1 saturated heterocycles. The summed E-state index contributed by atoms with van der Waals surface area (Å²) in [5, 5.41) is 5.65. The van der Waals surface area contributed by atoms with Crippen LogP contribution in [-0.2, 0) is 0 Å². The van der Waals surface area contributed by atoms with Crippen molar-refractivity contribution < 1.29 is 0 Å². The Kier molecular flexibility index (Phi) is 3.20. The van der Waals surface area contributed by atoms with Crippen LogP contribution in [-0.4, -0.2) is 17.5 Å². The van der Waals surface area contributed by atoms with E-state index in [2.05, 4.69) is 48.6 Å². The number of thiophene rings is 1. The average Bonchev–Trinajstić information content (AvgIpc) is 2.78. The molecule has 1 aromatic rings. The molecule has 2 atom stereocenters. The van der Waals surface area contributed by atoms with Crippen molar-refractivity contribution in [3.05, 3.63) is 22.4 Å². The van der Waals surface area contributed by atoms with E-state index >= 15 is 0 Å². The standard InChI is InChI=1S/C11H17NS2/c1-11(6-4-8-14-11)10(12-2)9-5-3-7-13-9/h3,5,7,10,12H,4,6,8H2,1-2H3. The summed E-state index contributed by atoms with van der Waals surface area (Å²) in [7, 11) is 2.08. The van der Waals surface area contributed by atoms with Crippen LogP contribution in [0.1, 0.15) is 30.7 Å². The highest BCUT2D eigenvalue weighted by Crippen LogP contribution is 2.47. The molecule has 78 valence electrons. The molecule has 2 rings (SSSR count). The summed E-state index contributed by atoms with van der Waals surface area (Å²) in [5.74, 6) is 1.32. The summed E-state index contributed by atoms with van der Waals surface area (Å²) in [6, 6.07) is 4.92. The molecule has 1 aliphatic heterocycles. The lowest BCUT2D eigenvalue weighted by Crippen LogP contribution is -2.34. The van der Waals surface area contributed by atoms with Gasteiger partial charge in [-0.15, -0.1) is 11.3 Å². The predicted octanol–water partition coefficient (Wildman–Crippen LogP) is 3.29. The van der Waals surface area contributed by atoms with Gasteiger partial charge in [-0.25, -0.2) is 0 Å². The Morgan fingerprint density at radius 3 is 2.93 bits per heavy atom. The second kappa shape index (κ2) is 4.25. The van der Waals surface area contributed by atoms with Crippen LogP contribution in [0.15, 0.2) is 17.5 Å². The van der Waals surface area contributed by atoms with Gasteiger partial charge in [-0.3, -0.25) is 0 Å². The highest BCUT2D eigenvalue weighted by Gasteiger charge is 2.38. The lowest BCUT2D eigenvalue weighted by atomic mass is 9.95. The molecule has 1 nitrogen and oxygen atoms in total. The maximum atomic E-state index is 3.48. The monoisotopic (exact) mass is 227 g/mol. The maximum absolute atomic E-state index is 3.48. The Morgan fingerprint density at radius 1 is 1.57 bits per heavy atom. The van der Waals surface area contributed by atoms with Crippen molar-refractivity contribution in [2.24, 2.45) is 0 Å². The molecule has 1 fully saturated rings. The van der Waals surface area contributed by atoms with Gasteiger partial charge in [-0.05, 0) is 44.0 Å². The summed E-state index contributed by atoms with van der Waals surface area (Å²) in [6.45, 7) is 2.39. The van der Waals surface area contributed by atoms with Crippen molar-refractivity contribution in [3.63, 3.8) is 0 Å². The fourth-order valence-corrected chi connectivity index (χ4v) is 4.75. The first-order valence-corrected chi connectivity index (χ1v) is 6.97. The lowest BCUT2D eigenvalue weighted by Gasteiger charge is -2.32. The minimum absolute atomic E-state index is 0.402. The van der Waals surface area contributed by atoms with E-state index in [1.165, 1.54) is 23.5 Å². The van der Waals surface area contributed by atoms with E-state index in [1.807, 2.05) is 11.3 Å². The summed E-state index contributed by atoms with van der Waals surface area (Å²) in [4.78, 5) is 1.48. The van der Waals surface area contributed by atoms with E-state index in [4.69, 9.17) is 0 Å². The summed E-state index contributed by atoms with van der Waals surface area (Å²) < 4.78 is 0.402. The van der Waals surface area contributed by atoms with E-state index < -0.39 is 0 Å². The van der Waals surface area contributed by atoms with Crippen molar-refractivity contribution in [1.82, 2.24) is 5.32 Å².